The number of hydrogen-bond donors (Lipinski definition) is 1. The second kappa shape index (κ2) is 6.65. The number of nitrogens with two attached hydrogens (primary N) is 1. The van der Waals surface area contributed by atoms with Gasteiger partial charge in [-0.05, 0) is 24.5 Å². The van der Waals surface area contributed by atoms with Crippen LogP contribution in [0.3, 0.4) is 0 Å². The maximum absolute atomic E-state index is 12.6. The summed E-state index contributed by atoms with van der Waals surface area (Å²) in [5.74, 6) is 0. The van der Waals surface area contributed by atoms with Gasteiger partial charge in [0.15, 0.2) is 5.03 Å². The average molecular weight is 297 g/mol. The molecular weight excluding hydrogens is 274 g/mol. The summed E-state index contributed by atoms with van der Waals surface area (Å²) in [6.45, 7) is 0.367. The van der Waals surface area contributed by atoms with Gasteiger partial charge in [-0.3, -0.25) is 0 Å². The van der Waals surface area contributed by atoms with Gasteiger partial charge < -0.3 is 5.73 Å². The van der Waals surface area contributed by atoms with E-state index in [0.717, 1.165) is 31.2 Å². The van der Waals surface area contributed by atoms with Crippen LogP contribution in [0.1, 0.15) is 44.1 Å². The summed E-state index contributed by atoms with van der Waals surface area (Å²) in [7, 11) is -1.83. The Morgan fingerprint density at radius 1 is 1.25 bits per heavy atom. The molecule has 2 N–H and O–H groups in total. The van der Waals surface area contributed by atoms with E-state index in [2.05, 4.69) is 4.98 Å². The van der Waals surface area contributed by atoms with E-state index >= 15 is 0 Å². The SMILES string of the molecule is CN(C1CCCCCC1)S(=O)(=O)c1ccc(CN)cn1. The van der Waals surface area contributed by atoms with Gasteiger partial charge in [0.05, 0.1) is 0 Å². The molecule has 112 valence electrons. The fourth-order valence-corrected chi connectivity index (χ4v) is 3.97. The highest BCUT2D eigenvalue weighted by Gasteiger charge is 2.29. The van der Waals surface area contributed by atoms with Crippen LogP contribution in [0.2, 0.25) is 0 Å². The van der Waals surface area contributed by atoms with E-state index in [9.17, 15) is 8.42 Å². The first kappa shape index (κ1) is 15.4. The van der Waals surface area contributed by atoms with E-state index < -0.39 is 10.0 Å². The van der Waals surface area contributed by atoms with Crippen LogP contribution in [0.5, 0.6) is 0 Å². The van der Waals surface area contributed by atoms with Crippen LogP contribution in [0.15, 0.2) is 23.4 Å². The smallest absolute Gasteiger partial charge is 0.260 e. The van der Waals surface area contributed by atoms with E-state index in [4.69, 9.17) is 5.73 Å². The lowest BCUT2D eigenvalue weighted by atomic mass is 10.1. The van der Waals surface area contributed by atoms with Gasteiger partial charge in [0.2, 0.25) is 0 Å². The molecule has 0 saturated heterocycles. The summed E-state index contributed by atoms with van der Waals surface area (Å²) in [6.07, 6.45) is 8.02. The van der Waals surface area contributed by atoms with Crippen LogP contribution in [0.25, 0.3) is 0 Å². The monoisotopic (exact) mass is 297 g/mol. The lowest BCUT2D eigenvalue weighted by molar-refractivity contribution is 0.334. The van der Waals surface area contributed by atoms with Gasteiger partial charge in [0.1, 0.15) is 0 Å². The first-order valence-electron chi connectivity index (χ1n) is 7.18. The largest absolute Gasteiger partial charge is 0.326 e. The second-order valence-corrected chi connectivity index (χ2v) is 7.32. The second-order valence-electron chi connectivity index (χ2n) is 5.38. The van der Waals surface area contributed by atoms with Gasteiger partial charge in [0, 0.05) is 25.8 Å². The van der Waals surface area contributed by atoms with Crippen molar-refractivity contribution in [1.29, 1.82) is 0 Å². The van der Waals surface area contributed by atoms with E-state index in [1.54, 1.807) is 19.2 Å². The molecule has 5 nitrogen and oxygen atoms in total. The predicted molar refractivity (Wildman–Crippen MR) is 78.6 cm³/mol. The third kappa shape index (κ3) is 3.37. The summed E-state index contributed by atoms with van der Waals surface area (Å²) in [4.78, 5) is 4.05. The van der Waals surface area contributed by atoms with Gasteiger partial charge in [-0.2, -0.15) is 4.31 Å². The summed E-state index contributed by atoms with van der Waals surface area (Å²) in [5, 5.41) is 0.112. The van der Waals surface area contributed by atoms with E-state index in [1.807, 2.05) is 0 Å². The van der Waals surface area contributed by atoms with Crippen LogP contribution >= 0.6 is 0 Å². The molecule has 1 fully saturated rings. The van der Waals surface area contributed by atoms with Gasteiger partial charge >= 0.3 is 0 Å². The topological polar surface area (TPSA) is 76.3 Å². The minimum atomic E-state index is -3.50. The zero-order chi connectivity index (χ0) is 14.6. The number of aromatic nitrogens is 1. The Hall–Kier alpha value is -0.980. The minimum absolute atomic E-state index is 0.0958. The molecule has 0 amide bonds. The van der Waals surface area contributed by atoms with Crippen molar-refractivity contribution >= 4 is 10.0 Å². The Kier molecular flexibility index (Phi) is 5.12. The fraction of sp³-hybridized carbons (Fsp3) is 0.643. The van der Waals surface area contributed by atoms with Gasteiger partial charge in [-0.25, -0.2) is 13.4 Å². The van der Waals surface area contributed by atoms with Crippen molar-refractivity contribution in [3.05, 3.63) is 23.9 Å². The lowest BCUT2D eigenvalue weighted by Gasteiger charge is -2.26. The number of sulfonamides is 1. The molecule has 2 rings (SSSR count). The van der Waals surface area contributed by atoms with Crippen molar-refractivity contribution in [1.82, 2.24) is 9.29 Å². The normalized spacial score (nSPS) is 18.1. The Bertz CT molecular complexity index is 520. The molecule has 1 aromatic heterocycles. The molecule has 0 atom stereocenters. The molecule has 20 heavy (non-hydrogen) atoms. The zero-order valence-electron chi connectivity index (χ0n) is 12.0. The molecule has 0 spiro atoms. The van der Waals surface area contributed by atoms with Crippen LogP contribution < -0.4 is 5.73 Å². The summed E-state index contributed by atoms with van der Waals surface area (Å²) in [5.41, 5.74) is 6.34. The fourth-order valence-electron chi connectivity index (χ4n) is 2.65. The number of hydrogen-bond acceptors (Lipinski definition) is 4. The molecule has 0 aliphatic heterocycles. The van der Waals surface area contributed by atoms with Crippen molar-refractivity contribution in [3.8, 4) is 0 Å². The summed E-state index contributed by atoms with van der Waals surface area (Å²) < 4.78 is 26.7. The molecule has 1 aliphatic carbocycles. The third-order valence-electron chi connectivity index (χ3n) is 4.02. The Morgan fingerprint density at radius 3 is 2.40 bits per heavy atom. The molecule has 0 aromatic carbocycles. The first-order chi connectivity index (χ1) is 9.55. The molecular formula is C14H23N3O2S. The van der Waals surface area contributed by atoms with Crippen LogP contribution in [-0.4, -0.2) is 30.8 Å². The molecule has 0 bridgehead atoms. The quantitative estimate of drug-likeness (QED) is 0.861. The Labute approximate surface area is 121 Å². The third-order valence-corrected chi connectivity index (χ3v) is 5.84. The van der Waals surface area contributed by atoms with E-state index in [-0.39, 0.29) is 11.1 Å². The standard InChI is InChI=1S/C14H23N3O2S/c1-17(13-6-4-2-3-5-7-13)20(18,19)14-9-8-12(10-15)11-16-14/h8-9,11,13H,2-7,10,15H2,1H3. The summed E-state index contributed by atoms with van der Waals surface area (Å²) >= 11 is 0. The van der Waals surface area contributed by atoms with Crippen molar-refractivity contribution in [2.75, 3.05) is 7.05 Å². The maximum Gasteiger partial charge on any atom is 0.260 e. The summed E-state index contributed by atoms with van der Waals surface area (Å²) in [6, 6.07) is 3.37. The Balaban J connectivity index is 2.18. The van der Waals surface area contributed by atoms with Crippen molar-refractivity contribution < 1.29 is 8.42 Å². The average Bonchev–Trinajstić information content (AvgIpc) is 2.75. The van der Waals surface area contributed by atoms with Crippen molar-refractivity contribution in [2.45, 2.75) is 56.1 Å². The minimum Gasteiger partial charge on any atom is -0.326 e. The van der Waals surface area contributed by atoms with Crippen LogP contribution in [0.4, 0.5) is 0 Å². The highest BCUT2D eigenvalue weighted by molar-refractivity contribution is 7.89. The molecule has 0 unspecified atom stereocenters. The highest BCUT2D eigenvalue weighted by atomic mass is 32.2. The number of pyridine rings is 1. The molecule has 1 aromatic rings. The molecule has 0 radical (unpaired) electrons. The molecule has 6 heteroatoms. The number of nitrogens with zero attached hydrogens (tertiary/aromatic N) is 2. The first-order valence-corrected chi connectivity index (χ1v) is 8.62. The lowest BCUT2D eigenvalue weighted by Crippen LogP contribution is -2.37. The van der Waals surface area contributed by atoms with E-state index in [1.165, 1.54) is 23.3 Å². The van der Waals surface area contributed by atoms with Crippen molar-refractivity contribution in [2.24, 2.45) is 5.73 Å². The van der Waals surface area contributed by atoms with Crippen LogP contribution in [-0.2, 0) is 16.6 Å². The molecule has 1 heterocycles. The van der Waals surface area contributed by atoms with Crippen LogP contribution in [0, 0.1) is 0 Å². The maximum atomic E-state index is 12.6. The van der Waals surface area contributed by atoms with Gasteiger partial charge in [-0.1, -0.05) is 31.7 Å². The van der Waals surface area contributed by atoms with Crippen molar-refractivity contribution in [3.63, 3.8) is 0 Å². The Morgan fingerprint density at radius 2 is 1.90 bits per heavy atom. The predicted octanol–water partition coefficient (Wildman–Crippen LogP) is 1.88. The zero-order valence-corrected chi connectivity index (χ0v) is 12.8. The van der Waals surface area contributed by atoms with E-state index in [0.29, 0.717) is 6.54 Å². The number of rotatable bonds is 4. The molecule has 1 aliphatic rings. The van der Waals surface area contributed by atoms with Gasteiger partial charge in [-0.15, -0.1) is 0 Å². The van der Waals surface area contributed by atoms with Gasteiger partial charge in [0.25, 0.3) is 10.0 Å². The highest BCUT2D eigenvalue weighted by Crippen LogP contribution is 2.25. The molecule has 1 saturated carbocycles.